The van der Waals surface area contributed by atoms with Crippen molar-refractivity contribution in [2.75, 3.05) is 116 Å². The fourth-order valence-corrected chi connectivity index (χ4v) is 5.20. The number of carboxylic acids is 2. The van der Waals surface area contributed by atoms with Crippen molar-refractivity contribution in [2.45, 2.75) is 38.1 Å². The number of rotatable bonds is 39. The fourth-order valence-electron chi connectivity index (χ4n) is 4.82. The Morgan fingerprint density at radius 2 is 1.03 bits per heavy atom. The van der Waals surface area contributed by atoms with E-state index in [4.69, 9.17) is 42.3 Å². The molecular weight excluding hydrogens is 981 g/mol. The Morgan fingerprint density at radius 3 is 1.54 bits per heavy atom. The molecule has 0 saturated heterocycles. The molecule has 65 heavy (non-hydrogen) atoms. The lowest BCUT2D eigenvalue weighted by Crippen LogP contribution is -2.54. The molecule has 0 aromatic carbocycles. The normalized spacial score (nSPS) is 11.5. The van der Waals surface area contributed by atoms with E-state index in [2.05, 4.69) is 58.6 Å². The van der Waals surface area contributed by atoms with Crippen LogP contribution in [0, 0.1) is 5.92 Å². The molecule has 9 amide bonds. The van der Waals surface area contributed by atoms with Gasteiger partial charge in [0.2, 0.25) is 53.2 Å². The molecule has 0 radical (unpaired) electrons. The monoisotopic (exact) mass is 1040 g/mol. The lowest BCUT2D eigenvalue weighted by molar-refractivity contribution is -0.147. The zero-order chi connectivity index (χ0) is 48.8. The highest BCUT2D eigenvalue weighted by molar-refractivity contribution is 9.09. The van der Waals surface area contributed by atoms with Gasteiger partial charge in [-0.05, 0) is 12.8 Å². The van der Waals surface area contributed by atoms with Crippen LogP contribution in [0.15, 0.2) is 0 Å². The van der Waals surface area contributed by atoms with Crippen LogP contribution in [-0.4, -0.2) is 202 Å². The van der Waals surface area contributed by atoms with Crippen LogP contribution in [0.2, 0.25) is 0 Å². The molecule has 29 heteroatoms. The summed E-state index contributed by atoms with van der Waals surface area (Å²) in [7, 11) is 0. The Balaban J connectivity index is 4.85. The van der Waals surface area contributed by atoms with Gasteiger partial charge in [0.05, 0.1) is 50.9 Å². The summed E-state index contributed by atoms with van der Waals surface area (Å²) in [6.45, 7) is -1.71. The number of nitrogens with one attached hydrogen (secondary N) is 8. The number of hydrogen-bond acceptors (Lipinski definition) is 15. The van der Waals surface area contributed by atoms with Crippen LogP contribution in [-0.2, 0) is 71.8 Å². The van der Waals surface area contributed by atoms with Crippen LogP contribution in [0.4, 0.5) is 0 Å². The first-order chi connectivity index (χ1) is 31.0. The Kier molecular flexibility index (Phi) is 35.4. The highest BCUT2D eigenvalue weighted by Gasteiger charge is 2.29. The van der Waals surface area contributed by atoms with E-state index in [1.165, 1.54) is 0 Å². The minimum absolute atomic E-state index is 0.0000575. The van der Waals surface area contributed by atoms with Gasteiger partial charge in [0.1, 0.15) is 37.5 Å². The predicted molar refractivity (Wildman–Crippen MR) is 230 cm³/mol. The van der Waals surface area contributed by atoms with E-state index in [1.807, 2.05) is 0 Å². The molecule has 0 aliphatic heterocycles. The van der Waals surface area contributed by atoms with E-state index in [-0.39, 0.29) is 115 Å². The summed E-state index contributed by atoms with van der Waals surface area (Å²) < 4.78 is 15.8. The van der Waals surface area contributed by atoms with Crippen LogP contribution in [0.25, 0.3) is 0 Å². The number of alkyl halides is 3. The standard InChI is InChI=1S/C36H58BrCl2N9O17/c37-18-28(51)45-10-12-63-15-16-65-47-27(50)17-24(36(60)61)1-3-26(49)44-9-11-62-13-14-64-23-33(56)46-25(2-4-34(57)58)35(59)48(21-31(54)42-7-5-40-29(52)19-38)22-32(55)43-8-6-41-30(53)20-39/h24-25H,1-23H2,(H,40,52)(H,41,53)(H,42,54)(H,43,55)(H,44,49)(H,45,51)(H,46,56)(H,47,50)(H,57,58)(H,60,61)/t24-,25+/m0/s1. The van der Waals surface area contributed by atoms with Crippen molar-refractivity contribution in [3.63, 3.8) is 0 Å². The van der Waals surface area contributed by atoms with Gasteiger partial charge in [0.15, 0.2) is 0 Å². The minimum Gasteiger partial charge on any atom is -0.481 e. The van der Waals surface area contributed by atoms with E-state index in [0.717, 1.165) is 4.90 Å². The SMILES string of the molecule is O=C(O)CC[C@@H](NC(=O)COCCOCCNC(=O)CC[C@@H](CC(=O)NOCCOCCNC(=O)CBr)C(=O)O)C(=O)N(CC(=O)NCCNC(=O)CCl)CC(=O)NCCNC(=O)CCl. The Bertz CT molecular complexity index is 1520. The van der Waals surface area contributed by atoms with E-state index < -0.39 is 110 Å². The third kappa shape index (κ3) is 34.1. The number of hydroxylamine groups is 1. The van der Waals surface area contributed by atoms with E-state index in [1.54, 1.807) is 0 Å². The van der Waals surface area contributed by atoms with Crippen molar-refractivity contribution in [2.24, 2.45) is 5.92 Å². The summed E-state index contributed by atoms with van der Waals surface area (Å²) in [5.41, 5.74) is 2.11. The number of nitrogens with zero attached hydrogens (tertiary/aromatic N) is 1. The minimum atomic E-state index is -1.51. The number of amides is 9. The first kappa shape index (κ1) is 60.1. The highest BCUT2D eigenvalue weighted by Crippen LogP contribution is 2.12. The number of carboxylic acid groups (broad SMARTS) is 2. The van der Waals surface area contributed by atoms with Crippen molar-refractivity contribution < 1.29 is 82.0 Å². The largest absolute Gasteiger partial charge is 0.481 e. The van der Waals surface area contributed by atoms with Gasteiger partial charge in [0.25, 0.3) is 0 Å². The van der Waals surface area contributed by atoms with Crippen molar-refractivity contribution in [3.8, 4) is 0 Å². The average molecular weight is 1040 g/mol. The summed E-state index contributed by atoms with van der Waals surface area (Å²) in [5, 5.41) is 36.1. The van der Waals surface area contributed by atoms with Gasteiger partial charge in [-0.15, -0.1) is 23.2 Å². The highest BCUT2D eigenvalue weighted by atomic mass is 79.9. The first-order valence-electron chi connectivity index (χ1n) is 20.0. The Hall–Kier alpha value is -4.93. The smallest absolute Gasteiger partial charge is 0.307 e. The van der Waals surface area contributed by atoms with Crippen molar-refractivity contribution in [1.82, 2.24) is 47.6 Å². The molecule has 0 aliphatic rings. The van der Waals surface area contributed by atoms with Crippen LogP contribution >= 0.6 is 39.1 Å². The summed E-state index contributed by atoms with van der Waals surface area (Å²) in [5.74, 6) is -10.1. The molecule has 0 unspecified atom stereocenters. The number of halogens is 3. The van der Waals surface area contributed by atoms with Crippen LogP contribution in [0.3, 0.4) is 0 Å². The van der Waals surface area contributed by atoms with Gasteiger partial charge < -0.3 is 66.5 Å². The zero-order valence-corrected chi connectivity index (χ0v) is 38.6. The quantitative estimate of drug-likeness (QED) is 0.0158. The molecule has 370 valence electrons. The molecule has 0 heterocycles. The molecule has 10 N–H and O–H groups in total. The van der Waals surface area contributed by atoms with Crippen LogP contribution in [0.5, 0.6) is 0 Å². The molecule has 0 rings (SSSR count). The number of carbonyl (C=O) groups is 11. The molecule has 0 aliphatic carbocycles. The molecule has 0 spiro atoms. The first-order valence-corrected chi connectivity index (χ1v) is 22.2. The second-order valence-electron chi connectivity index (χ2n) is 13.2. The zero-order valence-electron chi connectivity index (χ0n) is 35.5. The average Bonchev–Trinajstić information content (AvgIpc) is 3.27. The summed E-state index contributed by atoms with van der Waals surface area (Å²) in [4.78, 5) is 139. The van der Waals surface area contributed by atoms with Gasteiger partial charge >= 0.3 is 11.9 Å². The van der Waals surface area contributed by atoms with Gasteiger partial charge in [-0.3, -0.25) is 57.6 Å². The van der Waals surface area contributed by atoms with Crippen molar-refractivity contribution in [3.05, 3.63) is 0 Å². The van der Waals surface area contributed by atoms with Gasteiger partial charge in [0, 0.05) is 58.5 Å². The molecule has 2 atom stereocenters. The molecule has 0 saturated carbocycles. The van der Waals surface area contributed by atoms with Crippen LogP contribution in [0.1, 0.15) is 32.1 Å². The topological polar surface area (TPSA) is 365 Å². The number of carbonyl (C=O) groups excluding carboxylic acids is 9. The number of aliphatic carboxylic acids is 2. The third-order valence-corrected chi connectivity index (χ3v) is 8.92. The van der Waals surface area contributed by atoms with Gasteiger partial charge in [-0.1, -0.05) is 15.9 Å². The van der Waals surface area contributed by atoms with E-state index >= 15 is 0 Å². The fraction of sp³-hybridized carbons (Fsp3) is 0.694. The molecule has 0 fully saturated rings. The molecule has 0 aromatic heterocycles. The number of hydrogen-bond donors (Lipinski definition) is 10. The predicted octanol–water partition coefficient (Wildman–Crippen LogP) is -4.30. The Labute approximate surface area is 392 Å². The number of ether oxygens (including phenoxy) is 3. The third-order valence-electron chi connectivity index (χ3n) is 7.92. The van der Waals surface area contributed by atoms with Crippen LogP contribution < -0.4 is 42.7 Å². The Morgan fingerprint density at radius 1 is 0.538 bits per heavy atom. The van der Waals surface area contributed by atoms with Gasteiger partial charge in [-0.2, -0.15) is 0 Å². The maximum Gasteiger partial charge on any atom is 0.307 e. The summed E-state index contributed by atoms with van der Waals surface area (Å²) in [6.07, 6.45) is -1.80. The maximum absolute atomic E-state index is 13.6. The lowest BCUT2D eigenvalue weighted by atomic mass is 9.99. The second-order valence-corrected chi connectivity index (χ2v) is 14.3. The maximum atomic E-state index is 13.6. The van der Waals surface area contributed by atoms with E-state index in [9.17, 15) is 63.0 Å². The molecule has 0 bridgehead atoms. The van der Waals surface area contributed by atoms with Gasteiger partial charge in [-0.25, -0.2) is 5.48 Å². The molecule has 26 nitrogen and oxygen atoms in total. The second kappa shape index (κ2) is 38.3. The van der Waals surface area contributed by atoms with Crippen molar-refractivity contribution in [1.29, 1.82) is 0 Å². The molecule has 0 aromatic rings. The summed E-state index contributed by atoms with van der Waals surface area (Å²) in [6, 6.07) is -1.51. The summed E-state index contributed by atoms with van der Waals surface area (Å²) >= 11 is 13.8. The molecular formula is C36H58BrCl2N9O17. The lowest BCUT2D eigenvalue weighted by Gasteiger charge is -2.27. The van der Waals surface area contributed by atoms with E-state index in [0.29, 0.717) is 0 Å². The van der Waals surface area contributed by atoms with Crippen molar-refractivity contribution >= 4 is 104 Å².